The first-order chi connectivity index (χ1) is 9.71. The summed E-state index contributed by atoms with van der Waals surface area (Å²) in [5, 5.41) is 9.71. The van der Waals surface area contributed by atoms with E-state index in [2.05, 4.69) is 17.0 Å². The Kier molecular flexibility index (Phi) is 5.15. The Labute approximate surface area is 121 Å². The fraction of sp³-hybridized carbons (Fsp3) is 0.562. The lowest BCUT2D eigenvalue weighted by atomic mass is 9.93. The van der Waals surface area contributed by atoms with Gasteiger partial charge >= 0.3 is 0 Å². The van der Waals surface area contributed by atoms with Crippen LogP contribution in [0.15, 0.2) is 24.3 Å². The number of fused-ring (bicyclic) bond motifs is 1. The molecule has 0 spiro atoms. The Hall–Kier alpha value is -1.39. The van der Waals surface area contributed by atoms with E-state index in [-0.39, 0.29) is 18.6 Å². The first-order valence-electron chi connectivity index (χ1n) is 7.41. The number of likely N-dealkylation sites (N-methyl/N-ethyl adjacent to an activating group) is 1. The summed E-state index contributed by atoms with van der Waals surface area (Å²) < 4.78 is 0. The number of benzene rings is 1. The predicted octanol–water partition coefficient (Wildman–Crippen LogP) is 1.45. The van der Waals surface area contributed by atoms with Crippen LogP contribution in [0.4, 0.5) is 0 Å². The second-order valence-corrected chi connectivity index (χ2v) is 5.18. The van der Waals surface area contributed by atoms with Crippen molar-refractivity contribution < 1.29 is 9.90 Å². The van der Waals surface area contributed by atoms with Crippen LogP contribution in [0.3, 0.4) is 0 Å². The Morgan fingerprint density at radius 1 is 1.35 bits per heavy atom. The number of aliphatic hydroxyl groups excluding tert-OH is 1. The summed E-state index contributed by atoms with van der Waals surface area (Å²) in [5.74, 6) is 0.146. The summed E-state index contributed by atoms with van der Waals surface area (Å²) in [5.41, 5.74) is 2.45. The zero-order valence-electron chi connectivity index (χ0n) is 12.4. The summed E-state index contributed by atoms with van der Waals surface area (Å²) in [4.78, 5) is 16.2. The van der Waals surface area contributed by atoms with E-state index in [1.807, 2.05) is 30.9 Å². The van der Waals surface area contributed by atoms with Crippen molar-refractivity contribution in [3.05, 3.63) is 35.4 Å². The van der Waals surface area contributed by atoms with Gasteiger partial charge in [-0.3, -0.25) is 9.69 Å². The van der Waals surface area contributed by atoms with Gasteiger partial charge in [0, 0.05) is 19.6 Å². The maximum Gasteiger partial charge on any atom is 0.236 e. The van der Waals surface area contributed by atoms with Crippen LogP contribution in [0.2, 0.25) is 0 Å². The molecule has 1 heterocycles. The molecule has 2 rings (SSSR count). The number of hydrogen-bond acceptors (Lipinski definition) is 3. The van der Waals surface area contributed by atoms with Crippen molar-refractivity contribution in [3.8, 4) is 0 Å². The SMILES string of the molecule is CCN(CC)C(=O)CN1CCc2ccccc2C1CO. The molecule has 0 radical (unpaired) electrons. The Morgan fingerprint density at radius 3 is 2.70 bits per heavy atom. The lowest BCUT2D eigenvalue weighted by Crippen LogP contribution is -2.45. The largest absolute Gasteiger partial charge is 0.394 e. The minimum absolute atomic E-state index is 0.0561. The highest BCUT2D eigenvalue weighted by molar-refractivity contribution is 5.78. The zero-order chi connectivity index (χ0) is 14.5. The molecule has 4 heteroatoms. The fourth-order valence-electron chi connectivity index (χ4n) is 2.96. The molecule has 1 aliphatic heterocycles. The molecular weight excluding hydrogens is 252 g/mol. The molecule has 1 unspecified atom stereocenters. The van der Waals surface area contributed by atoms with Crippen LogP contribution in [0.1, 0.15) is 31.0 Å². The molecule has 0 fully saturated rings. The van der Waals surface area contributed by atoms with Gasteiger partial charge in [0.15, 0.2) is 0 Å². The van der Waals surface area contributed by atoms with Gasteiger partial charge in [0.25, 0.3) is 0 Å². The first kappa shape index (κ1) is 15.0. The zero-order valence-corrected chi connectivity index (χ0v) is 12.4. The van der Waals surface area contributed by atoms with Gasteiger partial charge < -0.3 is 10.0 Å². The van der Waals surface area contributed by atoms with Crippen molar-refractivity contribution in [1.29, 1.82) is 0 Å². The van der Waals surface area contributed by atoms with E-state index in [0.717, 1.165) is 31.6 Å². The van der Waals surface area contributed by atoms with Crippen LogP contribution in [0.25, 0.3) is 0 Å². The molecule has 1 aromatic carbocycles. The van der Waals surface area contributed by atoms with Gasteiger partial charge in [0.2, 0.25) is 5.91 Å². The van der Waals surface area contributed by atoms with Crippen molar-refractivity contribution in [1.82, 2.24) is 9.80 Å². The van der Waals surface area contributed by atoms with E-state index in [9.17, 15) is 9.90 Å². The minimum Gasteiger partial charge on any atom is -0.394 e. The molecule has 110 valence electrons. The first-order valence-corrected chi connectivity index (χ1v) is 7.41. The number of rotatable bonds is 5. The third-order valence-electron chi connectivity index (χ3n) is 4.15. The van der Waals surface area contributed by atoms with Crippen LogP contribution in [0.5, 0.6) is 0 Å². The average molecular weight is 276 g/mol. The fourth-order valence-corrected chi connectivity index (χ4v) is 2.96. The maximum atomic E-state index is 12.2. The smallest absolute Gasteiger partial charge is 0.236 e. The molecule has 0 aromatic heterocycles. The van der Waals surface area contributed by atoms with Crippen LogP contribution in [0, 0.1) is 0 Å². The summed E-state index contributed by atoms with van der Waals surface area (Å²) in [6.07, 6.45) is 0.943. The quantitative estimate of drug-likeness (QED) is 0.885. The van der Waals surface area contributed by atoms with E-state index < -0.39 is 0 Å². The van der Waals surface area contributed by atoms with Gasteiger partial charge in [-0.1, -0.05) is 24.3 Å². The second kappa shape index (κ2) is 6.86. The molecule has 1 aromatic rings. The Balaban J connectivity index is 2.12. The van der Waals surface area contributed by atoms with Gasteiger partial charge in [0.1, 0.15) is 0 Å². The molecule has 0 aliphatic carbocycles. The van der Waals surface area contributed by atoms with Crippen LogP contribution in [-0.4, -0.2) is 53.6 Å². The number of hydrogen-bond donors (Lipinski definition) is 1. The second-order valence-electron chi connectivity index (χ2n) is 5.18. The average Bonchev–Trinajstić information content (AvgIpc) is 2.48. The molecule has 1 amide bonds. The van der Waals surface area contributed by atoms with Crippen molar-refractivity contribution in [2.75, 3.05) is 32.8 Å². The summed E-state index contributed by atoms with van der Waals surface area (Å²) >= 11 is 0. The van der Waals surface area contributed by atoms with E-state index >= 15 is 0 Å². The van der Waals surface area contributed by atoms with E-state index in [1.54, 1.807) is 0 Å². The van der Waals surface area contributed by atoms with Gasteiger partial charge in [-0.05, 0) is 31.4 Å². The highest BCUT2D eigenvalue weighted by atomic mass is 16.3. The Morgan fingerprint density at radius 2 is 2.05 bits per heavy atom. The van der Waals surface area contributed by atoms with Gasteiger partial charge in [-0.25, -0.2) is 0 Å². The number of carbonyl (C=O) groups excluding carboxylic acids is 1. The lowest BCUT2D eigenvalue weighted by Gasteiger charge is -2.36. The third kappa shape index (κ3) is 3.02. The van der Waals surface area contributed by atoms with Gasteiger partial charge in [-0.2, -0.15) is 0 Å². The van der Waals surface area contributed by atoms with Gasteiger partial charge in [-0.15, -0.1) is 0 Å². The number of aliphatic hydroxyl groups is 1. The highest BCUT2D eigenvalue weighted by Crippen LogP contribution is 2.28. The molecular formula is C16H24N2O2. The Bertz CT molecular complexity index is 458. The van der Waals surface area contributed by atoms with Crippen LogP contribution < -0.4 is 0 Å². The lowest BCUT2D eigenvalue weighted by molar-refractivity contribution is -0.133. The third-order valence-corrected chi connectivity index (χ3v) is 4.15. The van der Waals surface area contributed by atoms with E-state index in [4.69, 9.17) is 0 Å². The highest BCUT2D eigenvalue weighted by Gasteiger charge is 2.28. The molecule has 0 saturated carbocycles. The molecule has 20 heavy (non-hydrogen) atoms. The van der Waals surface area contributed by atoms with Crippen LogP contribution >= 0.6 is 0 Å². The molecule has 4 nitrogen and oxygen atoms in total. The monoisotopic (exact) mass is 276 g/mol. The molecule has 1 atom stereocenters. The summed E-state index contributed by atoms with van der Waals surface area (Å²) in [7, 11) is 0. The normalized spacial score (nSPS) is 18.6. The molecule has 1 N–H and O–H groups in total. The summed E-state index contributed by atoms with van der Waals surface area (Å²) in [6, 6.07) is 8.15. The number of carbonyl (C=O) groups is 1. The van der Waals surface area contributed by atoms with Crippen molar-refractivity contribution in [3.63, 3.8) is 0 Å². The molecule has 0 bridgehead atoms. The number of nitrogens with zero attached hydrogens (tertiary/aromatic N) is 2. The minimum atomic E-state index is -0.0561. The maximum absolute atomic E-state index is 12.2. The van der Waals surface area contributed by atoms with Crippen molar-refractivity contribution >= 4 is 5.91 Å². The van der Waals surface area contributed by atoms with Crippen molar-refractivity contribution in [2.45, 2.75) is 26.3 Å². The number of amides is 1. The van der Waals surface area contributed by atoms with Gasteiger partial charge in [0.05, 0.1) is 19.2 Å². The van der Waals surface area contributed by atoms with E-state index in [1.165, 1.54) is 5.56 Å². The molecule has 0 saturated heterocycles. The standard InChI is InChI=1S/C16H24N2O2/c1-3-17(4-2)16(20)11-18-10-9-13-7-5-6-8-14(13)15(18)12-19/h5-8,15,19H,3-4,9-12H2,1-2H3. The molecule has 1 aliphatic rings. The topological polar surface area (TPSA) is 43.8 Å². The van der Waals surface area contributed by atoms with Crippen molar-refractivity contribution in [2.24, 2.45) is 0 Å². The van der Waals surface area contributed by atoms with Crippen LogP contribution in [-0.2, 0) is 11.2 Å². The summed E-state index contributed by atoms with van der Waals surface area (Å²) in [6.45, 7) is 6.75. The van der Waals surface area contributed by atoms with E-state index in [0.29, 0.717) is 6.54 Å². The predicted molar refractivity (Wildman–Crippen MR) is 79.5 cm³/mol.